The number of aromatic nitrogens is 3. The number of hydrogen-bond donors (Lipinski definition) is 1. The third-order valence-corrected chi connectivity index (χ3v) is 8.09. The van der Waals surface area contributed by atoms with Gasteiger partial charge in [0.05, 0.1) is 46.5 Å². The minimum absolute atomic E-state index is 0.0780. The van der Waals surface area contributed by atoms with Gasteiger partial charge in [-0.1, -0.05) is 34.8 Å². The number of nitrogens with zero attached hydrogens (tertiary/aromatic N) is 4. The number of imidazole rings is 1. The summed E-state index contributed by atoms with van der Waals surface area (Å²) in [4.78, 5) is 23.3. The Balaban J connectivity index is 1.23. The van der Waals surface area contributed by atoms with Crippen molar-refractivity contribution in [3.63, 3.8) is 0 Å². The van der Waals surface area contributed by atoms with E-state index in [1.807, 2.05) is 6.07 Å². The van der Waals surface area contributed by atoms with Gasteiger partial charge in [-0.05, 0) is 54.8 Å². The summed E-state index contributed by atoms with van der Waals surface area (Å²) in [5, 5.41) is 10.2. The number of hydrogen-bond acceptors (Lipinski definition) is 6. The highest BCUT2D eigenvalue weighted by Crippen LogP contribution is 2.32. The lowest BCUT2D eigenvalue weighted by atomic mass is 10.1. The second-order valence-electron chi connectivity index (χ2n) is 9.91. The van der Waals surface area contributed by atoms with Crippen molar-refractivity contribution in [1.29, 1.82) is 0 Å². The number of aromatic carboxylic acids is 1. The summed E-state index contributed by atoms with van der Waals surface area (Å²) in [6, 6.07) is 9.46. The lowest BCUT2D eigenvalue weighted by molar-refractivity contribution is -0.0592. The molecule has 0 aliphatic carbocycles. The lowest BCUT2D eigenvalue weighted by Gasteiger charge is -2.30. The van der Waals surface area contributed by atoms with Crippen LogP contribution in [0.25, 0.3) is 11.0 Å². The van der Waals surface area contributed by atoms with Gasteiger partial charge in [0.25, 0.3) is 0 Å². The number of ether oxygens (including phenoxy) is 2. The molecule has 2 aromatic carbocycles. The van der Waals surface area contributed by atoms with E-state index in [0.29, 0.717) is 24.7 Å². The van der Waals surface area contributed by atoms with Crippen molar-refractivity contribution < 1.29 is 23.8 Å². The zero-order chi connectivity index (χ0) is 28.0. The van der Waals surface area contributed by atoms with Crippen LogP contribution in [0, 0.1) is 5.82 Å². The van der Waals surface area contributed by atoms with Gasteiger partial charge in [0.2, 0.25) is 5.88 Å². The van der Waals surface area contributed by atoms with Gasteiger partial charge in [-0.2, -0.15) is 0 Å². The molecule has 6 rings (SSSR count). The van der Waals surface area contributed by atoms with Crippen molar-refractivity contribution in [3.05, 3.63) is 85.5 Å². The molecule has 2 aliphatic rings. The van der Waals surface area contributed by atoms with Gasteiger partial charge in [0, 0.05) is 30.3 Å². The lowest BCUT2D eigenvalue weighted by Crippen LogP contribution is -2.34. The highest BCUT2D eigenvalue weighted by atomic mass is 35.5. The van der Waals surface area contributed by atoms with Crippen molar-refractivity contribution in [2.75, 3.05) is 13.2 Å². The third kappa shape index (κ3) is 5.49. The molecule has 4 heterocycles. The number of rotatable bonds is 8. The summed E-state index contributed by atoms with van der Waals surface area (Å²) in [7, 11) is 0. The average Bonchev–Trinajstić information content (AvgIpc) is 3.21. The third-order valence-electron chi connectivity index (χ3n) is 7.26. The molecule has 0 saturated carbocycles. The molecule has 0 spiro atoms. The second-order valence-corrected chi connectivity index (χ2v) is 11.2. The Hall–Kier alpha value is -2.95. The van der Waals surface area contributed by atoms with Crippen LogP contribution in [-0.2, 0) is 37.4 Å². The number of carboxylic acid groups (broad SMARTS) is 1. The predicted molar refractivity (Wildman–Crippen MR) is 149 cm³/mol. The highest BCUT2D eigenvalue weighted by molar-refractivity contribution is 6.35. The van der Waals surface area contributed by atoms with Gasteiger partial charge in [0.1, 0.15) is 23.3 Å². The molecular weight excluding hydrogens is 582 g/mol. The maximum atomic E-state index is 14.4. The first kappa shape index (κ1) is 27.2. The molecule has 2 aliphatic heterocycles. The SMILES string of the molecule is O=C(O)c1ccc2nc(CN3CCc4cc(Cl)c(OCc5c(F)cc(Cl)cc5Cl)nc4C3)n(C[C@@H]3CCO3)c2c1. The molecule has 40 heavy (non-hydrogen) atoms. The number of fused-ring (bicyclic) bond motifs is 2. The summed E-state index contributed by atoms with van der Waals surface area (Å²) >= 11 is 18.5. The fraction of sp³-hybridized carbons (Fsp3) is 0.321. The maximum absolute atomic E-state index is 14.4. The van der Waals surface area contributed by atoms with E-state index in [-0.39, 0.29) is 39.8 Å². The van der Waals surface area contributed by atoms with Crippen LogP contribution in [0.4, 0.5) is 4.39 Å². The van der Waals surface area contributed by atoms with E-state index < -0.39 is 11.8 Å². The fourth-order valence-corrected chi connectivity index (χ4v) is 5.77. The van der Waals surface area contributed by atoms with Crippen LogP contribution in [0.3, 0.4) is 0 Å². The van der Waals surface area contributed by atoms with Crippen molar-refractivity contribution in [2.45, 2.75) is 45.2 Å². The van der Waals surface area contributed by atoms with Crippen LogP contribution in [0.2, 0.25) is 15.1 Å². The average molecular weight is 606 g/mol. The van der Waals surface area contributed by atoms with E-state index in [1.54, 1.807) is 18.2 Å². The predicted octanol–water partition coefficient (Wildman–Crippen LogP) is 6.16. The summed E-state index contributed by atoms with van der Waals surface area (Å²) in [6.45, 7) is 3.02. The van der Waals surface area contributed by atoms with Crippen molar-refractivity contribution in [2.24, 2.45) is 0 Å². The largest absolute Gasteiger partial charge is 0.478 e. The quantitative estimate of drug-likeness (QED) is 0.258. The van der Waals surface area contributed by atoms with Crippen LogP contribution >= 0.6 is 34.8 Å². The zero-order valence-corrected chi connectivity index (χ0v) is 23.4. The normalized spacial score (nSPS) is 17.1. The second kappa shape index (κ2) is 11.1. The number of carboxylic acids is 1. The number of halogens is 4. The van der Waals surface area contributed by atoms with E-state index in [1.165, 1.54) is 12.1 Å². The van der Waals surface area contributed by atoms with Crippen molar-refractivity contribution in [1.82, 2.24) is 19.4 Å². The molecule has 1 atom stereocenters. The molecule has 208 valence electrons. The number of pyridine rings is 1. The first-order chi connectivity index (χ1) is 19.2. The molecule has 12 heteroatoms. The van der Waals surface area contributed by atoms with Gasteiger partial charge in [0.15, 0.2) is 0 Å². The molecule has 0 unspecified atom stereocenters. The Morgan fingerprint density at radius 1 is 1.15 bits per heavy atom. The Morgan fingerprint density at radius 3 is 2.70 bits per heavy atom. The van der Waals surface area contributed by atoms with E-state index in [4.69, 9.17) is 49.3 Å². The van der Waals surface area contributed by atoms with Gasteiger partial charge in [-0.25, -0.2) is 19.2 Å². The first-order valence-electron chi connectivity index (χ1n) is 12.8. The summed E-state index contributed by atoms with van der Waals surface area (Å²) in [5.41, 5.74) is 3.74. The van der Waals surface area contributed by atoms with Gasteiger partial charge < -0.3 is 19.1 Å². The molecule has 8 nitrogen and oxygen atoms in total. The van der Waals surface area contributed by atoms with Crippen LogP contribution < -0.4 is 4.74 Å². The molecule has 4 aromatic rings. The van der Waals surface area contributed by atoms with E-state index >= 15 is 0 Å². The van der Waals surface area contributed by atoms with Crippen molar-refractivity contribution >= 4 is 51.8 Å². The Kier molecular flexibility index (Phi) is 7.58. The molecule has 0 bridgehead atoms. The summed E-state index contributed by atoms with van der Waals surface area (Å²) < 4.78 is 27.9. The molecule has 1 fully saturated rings. The van der Waals surface area contributed by atoms with Crippen molar-refractivity contribution in [3.8, 4) is 5.88 Å². The minimum atomic E-state index is -0.979. The molecule has 0 amide bonds. The summed E-state index contributed by atoms with van der Waals surface area (Å²) in [6.07, 6.45) is 1.76. The first-order valence-corrected chi connectivity index (χ1v) is 13.9. The van der Waals surface area contributed by atoms with Gasteiger partial charge in [-0.3, -0.25) is 4.90 Å². The molecule has 0 radical (unpaired) electrons. The van der Waals surface area contributed by atoms with Gasteiger partial charge in [-0.15, -0.1) is 0 Å². The molecule has 2 aromatic heterocycles. The maximum Gasteiger partial charge on any atom is 0.335 e. The smallest absolute Gasteiger partial charge is 0.335 e. The molecule has 1 saturated heterocycles. The monoisotopic (exact) mass is 604 g/mol. The zero-order valence-electron chi connectivity index (χ0n) is 21.2. The number of benzene rings is 2. The summed E-state index contributed by atoms with van der Waals surface area (Å²) in [5.74, 6) is -0.519. The van der Waals surface area contributed by atoms with Crippen LogP contribution in [0.15, 0.2) is 36.4 Å². The Morgan fingerprint density at radius 2 is 1.98 bits per heavy atom. The Bertz CT molecular complexity index is 1600. The van der Waals surface area contributed by atoms with Crippen LogP contribution in [0.5, 0.6) is 5.88 Å². The fourth-order valence-electron chi connectivity index (χ4n) is 5.02. The minimum Gasteiger partial charge on any atom is -0.478 e. The van der Waals surface area contributed by atoms with Gasteiger partial charge >= 0.3 is 5.97 Å². The molecule has 1 N–H and O–H groups in total. The van der Waals surface area contributed by atoms with E-state index in [0.717, 1.165) is 54.1 Å². The Labute approximate surface area is 244 Å². The number of carbonyl (C=O) groups is 1. The van der Waals surface area contributed by atoms with E-state index in [2.05, 4.69) is 14.5 Å². The van der Waals surface area contributed by atoms with Crippen LogP contribution in [0.1, 0.15) is 39.4 Å². The highest BCUT2D eigenvalue weighted by Gasteiger charge is 2.26. The van der Waals surface area contributed by atoms with Crippen LogP contribution in [-0.4, -0.2) is 49.8 Å². The van der Waals surface area contributed by atoms with E-state index in [9.17, 15) is 14.3 Å². The topological polar surface area (TPSA) is 89.7 Å². The molecular formula is C28H24Cl3FN4O4. The standard InChI is InChI=1S/C28H24Cl3FN4O4/c29-17-9-20(30)19(22(32)10-17)14-40-27-21(31)7-15-3-5-35(12-24(15)34-27)13-26-33-23-2-1-16(28(37)38)8-25(23)36(26)11-18-4-6-39-18/h1-2,7-10,18H,3-6,11-14H2,(H,37,38)/t18-/m0/s1.